The molecule has 1 heteroatoms. The van der Waals surface area contributed by atoms with Gasteiger partial charge in [-0.3, -0.25) is 0 Å². The van der Waals surface area contributed by atoms with Gasteiger partial charge in [0.1, 0.15) is 0 Å². The van der Waals surface area contributed by atoms with E-state index in [4.69, 9.17) is 0 Å². The zero-order valence-electron chi connectivity index (χ0n) is 6.65. The summed E-state index contributed by atoms with van der Waals surface area (Å²) in [6, 6.07) is 0.481. The lowest BCUT2D eigenvalue weighted by atomic mass is 10.00. The first kappa shape index (κ1) is 8.70. The first-order valence-electron chi connectivity index (χ1n) is 3.56. The average Bonchev–Trinajstić information content (AvgIpc) is 1.90. The van der Waals surface area contributed by atoms with Crippen molar-refractivity contribution < 1.29 is 0 Å². The van der Waals surface area contributed by atoms with Gasteiger partial charge in [0.05, 0.1) is 0 Å². The monoisotopic (exact) mass is 127 g/mol. The molecular formula is C8H17N. The molecule has 0 bridgehead atoms. The fraction of sp³-hybridized carbons (Fsp3) is 0.750. The van der Waals surface area contributed by atoms with Gasteiger partial charge < -0.3 is 5.32 Å². The Hall–Kier alpha value is -0.300. The van der Waals surface area contributed by atoms with Crippen LogP contribution < -0.4 is 5.32 Å². The van der Waals surface area contributed by atoms with Gasteiger partial charge in [0.15, 0.2) is 0 Å². The number of likely N-dealkylation sites (N-methyl/N-ethyl adjacent to an activating group) is 1. The molecule has 0 saturated heterocycles. The molecule has 0 aliphatic rings. The summed E-state index contributed by atoms with van der Waals surface area (Å²) in [6.45, 7) is 8.16. The van der Waals surface area contributed by atoms with Crippen molar-refractivity contribution in [1.29, 1.82) is 0 Å². The molecule has 0 fully saturated rings. The van der Waals surface area contributed by atoms with E-state index in [0.29, 0.717) is 12.0 Å². The first-order valence-corrected chi connectivity index (χ1v) is 3.56. The molecule has 0 rings (SSSR count). The van der Waals surface area contributed by atoms with Gasteiger partial charge in [0.25, 0.3) is 0 Å². The lowest BCUT2D eigenvalue weighted by Gasteiger charge is -2.17. The molecule has 9 heavy (non-hydrogen) atoms. The third-order valence-electron chi connectivity index (χ3n) is 1.84. The van der Waals surface area contributed by atoms with Gasteiger partial charge in [0, 0.05) is 6.04 Å². The van der Waals surface area contributed by atoms with E-state index in [1.54, 1.807) is 0 Å². The first-order chi connectivity index (χ1) is 4.26. The summed E-state index contributed by atoms with van der Waals surface area (Å²) < 4.78 is 0. The summed E-state index contributed by atoms with van der Waals surface area (Å²) in [4.78, 5) is 0. The Morgan fingerprint density at radius 3 is 2.33 bits per heavy atom. The van der Waals surface area contributed by atoms with Crippen LogP contribution in [0.2, 0.25) is 0 Å². The van der Waals surface area contributed by atoms with Crippen molar-refractivity contribution in [2.45, 2.75) is 26.3 Å². The van der Waals surface area contributed by atoms with Crippen LogP contribution >= 0.6 is 0 Å². The van der Waals surface area contributed by atoms with E-state index in [1.807, 2.05) is 13.1 Å². The predicted molar refractivity (Wildman–Crippen MR) is 42.5 cm³/mol. The van der Waals surface area contributed by atoms with Crippen LogP contribution in [0.5, 0.6) is 0 Å². The van der Waals surface area contributed by atoms with Crippen molar-refractivity contribution in [3.8, 4) is 0 Å². The Labute approximate surface area is 58.2 Å². The molecule has 0 saturated carbocycles. The molecule has 54 valence electrons. The van der Waals surface area contributed by atoms with Gasteiger partial charge in [-0.25, -0.2) is 0 Å². The van der Waals surface area contributed by atoms with Gasteiger partial charge in [-0.1, -0.05) is 26.3 Å². The van der Waals surface area contributed by atoms with Crippen molar-refractivity contribution in [1.82, 2.24) is 5.32 Å². The normalized spacial score (nSPS) is 16.8. The fourth-order valence-corrected chi connectivity index (χ4v) is 0.889. The van der Waals surface area contributed by atoms with Crippen molar-refractivity contribution >= 4 is 0 Å². The Balaban J connectivity index is 3.63. The van der Waals surface area contributed by atoms with E-state index >= 15 is 0 Å². The van der Waals surface area contributed by atoms with E-state index in [1.165, 1.54) is 6.42 Å². The maximum Gasteiger partial charge on any atom is 0.0270 e. The standard InChI is InChI=1S/C8H17N/c1-5-7(3)8(6-2)9-4/h6-9H,2,5H2,1,3-4H3. The molecule has 1 N–H and O–H groups in total. The van der Waals surface area contributed by atoms with E-state index in [-0.39, 0.29) is 0 Å². The fourth-order valence-electron chi connectivity index (χ4n) is 0.889. The molecule has 0 aromatic rings. The van der Waals surface area contributed by atoms with Gasteiger partial charge >= 0.3 is 0 Å². The van der Waals surface area contributed by atoms with Crippen LogP contribution in [-0.2, 0) is 0 Å². The highest BCUT2D eigenvalue weighted by molar-refractivity contribution is 4.87. The topological polar surface area (TPSA) is 12.0 Å². The van der Waals surface area contributed by atoms with Gasteiger partial charge in [0.2, 0.25) is 0 Å². The molecule has 2 unspecified atom stereocenters. The van der Waals surface area contributed by atoms with Crippen LogP contribution in [-0.4, -0.2) is 13.1 Å². The number of hydrogen-bond donors (Lipinski definition) is 1. The highest BCUT2D eigenvalue weighted by atomic mass is 14.9. The van der Waals surface area contributed by atoms with Crippen molar-refractivity contribution in [2.24, 2.45) is 5.92 Å². The molecule has 2 atom stereocenters. The number of hydrogen-bond acceptors (Lipinski definition) is 1. The zero-order valence-corrected chi connectivity index (χ0v) is 6.65. The highest BCUT2D eigenvalue weighted by Gasteiger charge is 2.07. The molecule has 1 nitrogen and oxygen atoms in total. The SMILES string of the molecule is C=CC(NC)C(C)CC. The second-order valence-electron chi connectivity index (χ2n) is 2.44. The smallest absolute Gasteiger partial charge is 0.0270 e. The minimum atomic E-state index is 0.481. The van der Waals surface area contributed by atoms with Crippen LogP contribution in [0.1, 0.15) is 20.3 Å². The quantitative estimate of drug-likeness (QED) is 0.568. The van der Waals surface area contributed by atoms with Crippen molar-refractivity contribution in [3.63, 3.8) is 0 Å². The molecule has 0 aliphatic heterocycles. The molecule has 0 aromatic carbocycles. The van der Waals surface area contributed by atoms with E-state index in [2.05, 4.69) is 25.7 Å². The van der Waals surface area contributed by atoms with Crippen LogP contribution in [0.4, 0.5) is 0 Å². The number of rotatable bonds is 4. The average molecular weight is 127 g/mol. The molecule has 0 aromatic heterocycles. The van der Waals surface area contributed by atoms with Crippen LogP contribution in [0.15, 0.2) is 12.7 Å². The van der Waals surface area contributed by atoms with Crippen LogP contribution in [0.25, 0.3) is 0 Å². The summed E-state index contributed by atoms with van der Waals surface area (Å²) in [7, 11) is 1.97. The summed E-state index contributed by atoms with van der Waals surface area (Å²) >= 11 is 0. The van der Waals surface area contributed by atoms with Crippen molar-refractivity contribution in [2.75, 3.05) is 7.05 Å². The van der Waals surface area contributed by atoms with Gasteiger partial charge in [-0.15, -0.1) is 6.58 Å². The molecule has 0 amide bonds. The second kappa shape index (κ2) is 4.57. The molecule has 0 spiro atoms. The minimum Gasteiger partial charge on any atom is -0.313 e. The Kier molecular flexibility index (Phi) is 4.41. The summed E-state index contributed by atoms with van der Waals surface area (Å²) in [5.74, 6) is 0.701. The third kappa shape index (κ3) is 2.66. The van der Waals surface area contributed by atoms with Crippen molar-refractivity contribution in [3.05, 3.63) is 12.7 Å². The predicted octanol–water partition coefficient (Wildman–Crippen LogP) is 1.81. The van der Waals surface area contributed by atoms with Gasteiger partial charge in [-0.2, -0.15) is 0 Å². The maximum absolute atomic E-state index is 3.74. The Morgan fingerprint density at radius 2 is 2.22 bits per heavy atom. The lowest BCUT2D eigenvalue weighted by Crippen LogP contribution is -2.29. The third-order valence-corrected chi connectivity index (χ3v) is 1.84. The number of nitrogens with one attached hydrogen (secondary N) is 1. The summed E-state index contributed by atoms with van der Waals surface area (Å²) in [6.07, 6.45) is 3.17. The summed E-state index contributed by atoms with van der Waals surface area (Å²) in [5, 5.41) is 3.18. The minimum absolute atomic E-state index is 0.481. The van der Waals surface area contributed by atoms with Crippen LogP contribution in [0.3, 0.4) is 0 Å². The Bertz CT molecular complexity index is 78.6. The second-order valence-corrected chi connectivity index (χ2v) is 2.44. The van der Waals surface area contributed by atoms with E-state index in [9.17, 15) is 0 Å². The molecular weight excluding hydrogens is 110 g/mol. The zero-order chi connectivity index (χ0) is 7.28. The van der Waals surface area contributed by atoms with E-state index < -0.39 is 0 Å². The van der Waals surface area contributed by atoms with Gasteiger partial charge in [-0.05, 0) is 13.0 Å². The lowest BCUT2D eigenvalue weighted by molar-refractivity contribution is 0.450. The highest BCUT2D eigenvalue weighted by Crippen LogP contribution is 2.06. The van der Waals surface area contributed by atoms with E-state index in [0.717, 1.165) is 0 Å². The summed E-state index contributed by atoms with van der Waals surface area (Å²) in [5.41, 5.74) is 0. The molecule has 0 radical (unpaired) electrons. The molecule has 0 heterocycles. The Morgan fingerprint density at radius 1 is 1.67 bits per heavy atom. The maximum atomic E-state index is 3.74. The molecule has 0 aliphatic carbocycles. The van der Waals surface area contributed by atoms with Crippen LogP contribution in [0, 0.1) is 5.92 Å². The largest absolute Gasteiger partial charge is 0.313 e.